The lowest BCUT2D eigenvalue weighted by Crippen LogP contribution is -2.44. The van der Waals surface area contributed by atoms with Gasteiger partial charge in [0.15, 0.2) is 0 Å². The molecule has 3 N–H and O–H groups in total. The number of aliphatic hydroxyl groups is 1. The maximum atomic E-state index is 13.2. The number of carbonyl (C=O) groups excluding carboxylic acids is 1. The molecule has 0 aliphatic heterocycles. The molecule has 0 fully saturated rings. The summed E-state index contributed by atoms with van der Waals surface area (Å²) in [6, 6.07) is 1.27. The summed E-state index contributed by atoms with van der Waals surface area (Å²) in [5.74, 6) is -3.83. The smallest absolute Gasteiger partial charge is 0.328 e. The van der Waals surface area contributed by atoms with Crippen LogP contribution in [0.5, 0.6) is 0 Å². The molecule has 7 heteroatoms. The summed E-state index contributed by atoms with van der Waals surface area (Å²) in [7, 11) is 0. The lowest BCUT2D eigenvalue weighted by atomic mass is 10.1. The van der Waals surface area contributed by atoms with E-state index in [4.69, 9.17) is 10.2 Å². The van der Waals surface area contributed by atoms with Gasteiger partial charge in [0, 0.05) is 6.07 Å². The number of carboxylic acids is 1. The van der Waals surface area contributed by atoms with Crippen LogP contribution in [0.1, 0.15) is 5.56 Å². The molecule has 5 nitrogen and oxygen atoms in total. The van der Waals surface area contributed by atoms with Gasteiger partial charge in [-0.3, -0.25) is 4.79 Å². The fourth-order valence-corrected chi connectivity index (χ4v) is 1.27. The van der Waals surface area contributed by atoms with Crippen LogP contribution in [0.3, 0.4) is 0 Å². The number of carboxylic acid groups (broad SMARTS) is 1. The fourth-order valence-electron chi connectivity index (χ4n) is 1.27. The van der Waals surface area contributed by atoms with Gasteiger partial charge in [0.05, 0.1) is 13.0 Å². The van der Waals surface area contributed by atoms with E-state index in [1.54, 1.807) is 0 Å². The Morgan fingerprint density at radius 2 is 2.00 bits per heavy atom. The van der Waals surface area contributed by atoms with Crippen LogP contribution in [0.25, 0.3) is 0 Å². The molecule has 1 aromatic carbocycles. The monoisotopic (exact) mass is 259 g/mol. The highest BCUT2D eigenvalue weighted by Crippen LogP contribution is 2.10. The third kappa shape index (κ3) is 3.77. The quantitative estimate of drug-likeness (QED) is 0.698. The Kier molecular flexibility index (Phi) is 4.73. The number of benzene rings is 1. The Morgan fingerprint density at radius 3 is 2.50 bits per heavy atom. The second-order valence-electron chi connectivity index (χ2n) is 3.55. The van der Waals surface area contributed by atoms with Crippen LogP contribution < -0.4 is 5.32 Å². The molecular formula is C11H11F2NO4. The predicted molar refractivity (Wildman–Crippen MR) is 56.7 cm³/mol. The first-order valence-electron chi connectivity index (χ1n) is 5.01. The van der Waals surface area contributed by atoms with E-state index >= 15 is 0 Å². The Hall–Kier alpha value is -2.02. The highest BCUT2D eigenvalue weighted by molar-refractivity contribution is 5.84. The fraction of sp³-hybridized carbons (Fsp3) is 0.273. The first-order chi connectivity index (χ1) is 8.43. The number of aliphatic hydroxyl groups excluding tert-OH is 1. The van der Waals surface area contributed by atoms with E-state index in [0.717, 1.165) is 12.1 Å². The van der Waals surface area contributed by atoms with Crippen LogP contribution in [0.15, 0.2) is 18.2 Å². The number of rotatable bonds is 5. The van der Waals surface area contributed by atoms with E-state index < -0.39 is 42.6 Å². The minimum atomic E-state index is -1.44. The van der Waals surface area contributed by atoms with Crippen molar-refractivity contribution >= 4 is 11.9 Å². The average Bonchev–Trinajstić information content (AvgIpc) is 2.29. The van der Waals surface area contributed by atoms with Gasteiger partial charge in [-0.2, -0.15) is 0 Å². The maximum absolute atomic E-state index is 13.2. The summed E-state index contributed by atoms with van der Waals surface area (Å²) in [6.07, 6.45) is -0.435. The minimum absolute atomic E-state index is 0.0593. The number of amides is 1. The van der Waals surface area contributed by atoms with E-state index in [9.17, 15) is 18.4 Å². The number of hydrogen-bond donors (Lipinski definition) is 3. The van der Waals surface area contributed by atoms with Crippen molar-refractivity contribution in [2.24, 2.45) is 0 Å². The van der Waals surface area contributed by atoms with Gasteiger partial charge in [-0.05, 0) is 11.6 Å². The number of halogens is 2. The van der Waals surface area contributed by atoms with Crippen molar-refractivity contribution in [3.63, 3.8) is 0 Å². The molecule has 0 spiro atoms. The van der Waals surface area contributed by atoms with Crippen molar-refractivity contribution in [1.82, 2.24) is 5.32 Å². The standard InChI is InChI=1S/C11H11F2NO4/c12-7-2-1-6(8(13)4-7)3-10(16)14-9(5-15)11(17)18/h1-2,4,9,15H,3,5H2,(H,14,16)(H,17,18)/t9-/m1/s1. The van der Waals surface area contributed by atoms with Gasteiger partial charge >= 0.3 is 5.97 Å². The summed E-state index contributed by atoms with van der Waals surface area (Å²) >= 11 is 0. The molecule has 0 unspecified atom stereocenters. The van der Waals surface area contributed by atoms with Gasteiger partial charge in [0.1, 0.15) is 17.7 Å². The number of nitrogens with one attached hydrogen (secondary N) is 1. The highest BCUT2D eigenvalue weighted by Gasteiger charge is 2.19. The van der Waals surface area contributed by atoms with Crippen molar-refractivity contribution in [1.29, 1.82) is 0 Å². The zero-order chi connectivity index (χ0) is 13.7. The Morgan fingerprint density at radius 1 is 1.33 bits per heavy atom. The van der Waals surface area contributed by atoms with Gasteiger partial charge < -0.3 is 15.5 Å². The SMILES string of the molecule is O=C(Cc1ccc(F)cc1F)N[C@H](CO)C(=O)O. The van der Waals surface area contributed by atoms with E-state index in [2.05, 4.69) is 0 Å². The van der Waals surface area contributed by atoms with E-state index in [1.165, 1.54) is 0 Å². The third-order valence-electron chi connectivity index (χ3n) is 2.18. The number of carbonyl (C=O) groups is 2. The van der Waals surface area contributed by atoms with Crippen LogP contribution >= 0.6 is 0 Å². The second kappa shape index (κ2) is 6.06. The van der Waals surface area contributed by atoms with Gasteiger partial charge in [0.25, 0.3) is 0 Å². The first kappa shape index (κ1) is 14.0. The van der Waals surface area contributed by atoms with E-state index in [-0.39, 0.29) is 5.56 Å². The molecule has 0 radical (unpaired) electrons. The molecule has 18 heavy (non-hydrogen) atoms. The normalized spacial score (nSPS) is 11.9. The van der Waals surface area contributed by atoms with Crippen molar-refractivity contribution in [2.45, 2.75) is 12.5 Å². The van der Waals surface area contributed by atoms with Crippen LogP contribution in [0.4, 0.5) is 8.78 Å². The molecule has 0 aromatic heterocycles. The second-order valence-corrected chi connectivity index (χ2v) is 3.55. The van der Waals surface area contributed by atoms with Crippen molar-refractivity contribution in [3.8, 4) is 0 Å². The highest BCUT2D eigenvalue weighted by atomic mass is 19.1. The third-order valence-corrected chi connectivity index (χ3v) is 2.18. The zero-order valence-electron chi connectivity index (χ0n) is 9.19. The van der Waals surface area contributed by atoms with Gasteiger partial charge in [-0.15, -0.1) is 0 Å². The van der Waals surface area contributed by atoms with Crippen LogP contribution in [0, 0.1) is 11.6 Å². The van der Waals surface area contributed by atoms with E-state index in [1.807, 2.05) is 5.32 Å². The van der Waals surface area contributed by atoms with Crippen molar-refractivity contribution < 1.29 is 28.6 Å². The zero-order valence-corrected chi connectivity index (χ0v) is 9.19. The Bertz CT molecular complexity index is 464. The molecule has 0 aliphatic carbocycles. The summed E-state index contributed by atoms with van der Waals surface area (Å²) in [4.78, 5) is 21.9. The lowest BCUT2D eigenvalue weighted by Gasteiger charge is -2.11. The maximum Gasteiger partial charge on any atom is 0.328 e. The lowest BCUT2D eigenvalue weighted by molar-refractivity contribution is -0.142. The Balaban J connectivity index is 2.67. The topological polar surface area (TPSA) is 86.6 Å². The molecule has 98 valence electrons. The summed E-state index contributed by atoms with van der Waals surface area (Å²) in [5, 5.41) is 19.3. The van der Waals surface area contributed by atoms with Crippen LogP contribution in [0.2, 0.25) is 0 Å². The molecule has 0 saturated heterocycles. The van der Waals surface area contributed by atoms with Gasteiger partial charge in [-0.1, -0.05) is 6.07 Å². The van der Waals surface area contributed by atoms with E-state index in [0.29, 0.717) is 6.07 Å². The summed E-state index contributed by atoms with van der Waals surface area (Å²) < 4.78 is 25.8. The van der Waals surface area contributed by atoms with Crippen molar-refractivity contribution in [2.75, 3.05) is 6.61 Å². The molecule has 1 rings (SSSR count). The largest absolute Gasteiger partial charge is 0.480 e. The summed E-state index contributed by atoms with van der Waals surface area (Å²) in [5.41, 5.74) is -0.0593. The molecular weight excluding hydrogens is 248 g/mol. The molecule has 0 heterocycles. The summed E-state index contributed by atoms with van der Waals surface area (Å²) in [6.45, 7) is -0.771. The van der Waals surface area contributed by atoms with Gasteiger partial charge in [0.2, 0.25) is 5.91 Å². The molecule has 0 aliphatic rings. The average molecular weight is 259 g/mol. The first-order valence-corrected chi connectivity index (χ1v) is 5.01. The Labute approximate surface area is 101 Å². The minimum Gasteiger partial charge on any atom is -0.480 e. The van der Waals surface area contributed by atoms with Crippen LogP contribution in [-0.4, -0.2) is 34.7 Å². The molecule has 1 atom stereocenters. The van der Waals surface area contributed by atoms with Crippen LogP contribution in [-0.2, 0) is 16.0 Å². The molecule has 1 aromatic rings. The molecule has 0 saturated carbocycles. The number of aliphatic carboxylic acids is 1. The molecule has 0 bridgehead atoms. The predicted octanol–water partition coefficient (Wildman–Crippen LogP) is 0.0690. The van der Waals surface area contributed by atoms with Gasteiger partial charge in [-0.25, -0.2) is 13.6 Å². The molecule has 1 amide bonds. The number of hydrogen-bond acceptors (Lipinski definition) is 3. The van der Waals surface area contributed by atoms with Crippen molar-refractivity contribution in [3.05, 3.63) is 35.4 Å².